The van der Waals surface area contributed by atoms with Crippen LogP contribution in [-0.2, 0) is 24.5 Å². The van der Waals surface area contributed by atoms with Crippen LogP contribution in [0, 0.1) is 15.5 Å². The number of rotatable bonds is 14. The fourth-order valence-electron chi connectivity index (χ4n) is 10.5. The van der Waals surface area contributed by atoms with Crippen LogP contribution in [0.15, 0.2) is 88.5 Å². The third kappa shape index (κ3) is 10.3. The second-order valence-electron chi connectivity index (χ2n) is 19.2. The van der Waals surface area contributed by atoms with Gasteiger partial charge in [-0.25, -0.2) is 27.5 Å². The van der Waals surface area contributed by atoms with E-state index in [9.17, 15) is 27.5 Å². The molecule has 4 fully saturated rings. The largest absolute Gasteiger partial charge is 0.455 e. The number of carbonyl (C=O) groups excluding carboxylic acids is 1. The fourth-order valence-corrected chi connectivity index (χ4v) is 12.3. The Bertz CT molecular complexity index is 2880. The second kappa shape index (κ2) is 18.8. The number of hydrogen-bond acceptors (Lipinski definition) is 14. The van der Waals surface area contributed by atoms with E-state index in [0.717, 1.165) is 55.8 Å². The van der Waals surface area contributed by atoms with E-state index in [-0.39, 0.29) is 47.8 Å². The molecule has 1 saturated carbocycles. The van der Waals surface area contributed by atoms with Crippen LogP contribution in [0.4, 0.5) is 17.2 Å². The summed E-state index contributed by atoms with van der Waals surface area (Å²) in [6, 6.07) is 19.4. The molecule has 3 saturated heterocycles. The van der Waals surface area contributed by atoms with E-state index in [0.29, 0.717) is 42.2 Å². The normalized spacial score (nSPS) is 21.3. The van der Waals surface area contributed by atoms with Gasteiger partial charge < -0.3 is 24.7 Å². The predicted octanol–water partition coefficient (Wildman–Crippen LogP) is 8.17. The van der Waals surface area contributed by atoms with E-state index < -0.39 is 41.2 Å². The van der Waals surface area contributed by atoms with Gasteiger partial charge in [-0.15, -0.1) is 0 Å². The van der Waals surface area contributed by atoms with Gasteiger partial charge in [-0.2, -0.15) is 0 Å². The van der Waals surface area contributed by atoms with Gasteiger partial charge in [-0.3, -0.25) is 24.0 Å². The second-order valence-corrected chi connectivity index (χ2v) is 23.4. The van der Waals surface area contributed by atoms with Gasteiger partial charge in [0.15, 0.2) is 0 Å². The first-order chi connectivity index (χ1) is 32.0. The molecule has 2 aromatic carbocycles. The summed E-state index contributed by atoms with van der Waals surface area (Å²) in [4.78, 5) is 41.5. The number of anilines is 2. The van der Waals surface area contributed by atoms with E-state index in [1.54, 1.807) is 43.0 Å². The van der Waals surface area contributed by atoms with Crippen molar-refractivity contribution in [2.75, 3.05) is 55.5 Å². The first-order valence-electron chi connectivity index (χ1n) is 23.1. The number of pyridine rings is 2. The number of sulfonamides is 1. The molecule has 17 nitrogen and oxygen atoms in total. The van der Waals surface area contributed by atoms with Gasteiger partial charge in [0.25, 0.3) is 15.9 Å². The molecule has 356 valence electrons. The molecule has 67 heavy (non-hydrogen) atoms. The van der Waals surface area contributed by atoms with Crippen LogP contribution >= 0.6 is 0 Å². The van der Waals surface area contributed by atoms with Crippen LogP contribution in [0.25, 0.3) is 11.0 Å². The molecular formula is C48H59N9O8S2. The maximum Gasteiger partial charge on any atom is 0.312 e. The maximum atomic E-state index is 14.0. The number of fused-ring (bicyclic) bond motifs is 1. The highest BCUT2D eigenvalue weighted by atomic mass is 32.2. The Hall–Kier alpha value is -5.63. The molecule has 3 aromatic heterocycles. The summed E-state index contributed by atoms with van der Waals surface area (Å²) in [5.41, 5.74) is 4.08. The van der Waals surface area contributed by atoms with Crippen LogP contribution in [0.5, 0.6) is 11.5 Å². The van der Waals surface area contributed by atoms with E-state index in [1.807, 2.05) is 6.07 Å². The van der Waals surface area contributed by atoms with E-state index >= 15 is 0 Å². The van der Waals surface area contributed by atoms with Crippen molar-refractivity contribution >= 4 is 53.9 Å². The molecule has 9 rings (SSSR count). The summed E-state index contributed by atoms with van der Waals surface area (Å²) < 4.78 is 58.1. The Morgan fingerprint density at radius 1 is 1.01 bits per heavy atom. The number of nitrogens with one attached hydrogen (secondary N) is 3. The quantitative estimate of drug-likeness (QED) is 0.0708. The lowest BCUT2D eigenvalue weighted by Crippen LogP contribution is -2.54. The third-order valence-corrected chi connectivity index (χ3v) is 16.0. The number of carbonyl (C=O) groups is 1. The Labute approximate surface area is 391 Å². The Kier molecular flexibility index (Phi) is 13.0. The van der Waals surface area contributed by atoms with Crippen molar-refractivity contribution in [2.24, 2.45) is 9.78 Å². The van der Waals surface area contributed by atoms with E-state index in [2.05, 4.69) is 77.3 Å². The summed E-state index contributed by atoms with van der Waals surface area (Å²) >= 11 is 0. The van der Waals surface area contributed by atoms with Crippen LogP contribution < -0.4 is 19.7 Å². The molecule has 1 unspecified atom stereocenters. The molecule has 5 aromatic rings. The molecule has 3 aliphatic heterocycles. The molecule has 0 bridgehead atoms. The molecule has 1 amide bonds. The van der Waals surface area contributed by atoms with Crippen molar-refractivity contribution in [1.29, 1.82) is 0 Å². The highest BCUT2D eigenvalue weighted by Crippen LogP contribution is 2.54. The van der Waals surface area contributed by atoms with E-state index in [1.165, 1.54) is 43.0 Å². The molecule has 3 N–H and O–H groups in total. The van der Waals surface area contributed by atoms with Gasteiger partial charge in [0.1, 0.15) is 22.0 Å². The monoisotopic (exact) mass is 953 g/mol. The fraction of sp³-hybridized carbons (Fsp3) is 0.479. The smallest absolute Gasteiger partial charge is 0.312 e. The predicted molar refractivity (Wildman–Crippen MR) is 258 cm³/mol. The number of piperidine rings is 1. The molecule has 0 radical (unpaired) electrons. The van der Waals surface area contributed by atoms with Gasteiger partial charge in [-0.1, -0.05) is 38.1 Å². The van der Waals surface area contributed by atoms with Crippen LogP contribution in [0.2, 0.25) is 0 Å². The number of H-pyrrole nitrogens is 1. The summed E-state index contributed by atoms with van der Waals surface area (Å²) in [6.45, 7) is 7.78. The summed E-state index contributed by atoms with van der Waals surface area (Å²) in [5.74, 6) is -0.185. The molecule has 19 heteroatoms. The highest BCUT2D eigenvalue weighted by molar-refractivity contribution is 7.92. The molecule has 1 spiro atoms. The number of amides is 1. The average molecular weight is 954 g/mol. The molecule has 4 aliphatic rings. The van der Waals surface area contributed by atoms with Crippen LogP contribution in [0.3, 0.4) is 0 Å². The molecular weight excluding hydrogens is 895 g/mol. The number of nitro groups is 1. The number of benzene rings is 2. The van der Waals surface area contributed by atoms with Crippen molar-refractivity contribution in [3.05, 3.63) is 106 Å². The zero-order valence-electron chi connectivity index (χ0n) is 38.4. The number of likely N-dealkylation sites (tertiary alicyclic amines) is 1. The van der Waals surface area contributed by atoms with Gasteiger partial charge in [0, 0.05) is 83.4 Å². The third-order valence-electron chi connectivity index (χ3n) is 13.9. The summed E-state index contributed by atoms with van der Waals surface area (Å²) in [7, 11) is -6.95. The van der Waals surface area contributed by atoms with Crippen molar-refractivity contribution < 1.29 is 31.8 Å². The van der Waals surface area contributed by atoms with Gasteiger partial charge >= 0.3 is 5.69 Å². The summed E-state index contributed by atoms with van der Waals surface area (Å²) in [6.07, 6.45) is 15.1. The van der Waals surface area contributed by atoms with Gasteiger partial charge in [0.05, 0.1) is 41.6 Å². The number of aromatic nitrogens is 3. The highest BCUT2D eigenvalue weighted by Gasteiger charge is 2.50. The average Bonchev–Trinajstić information content (AvgIpc) is 3.97. The standard InChI is InChI=1S/C48H59N9O8S2/c1-31(2)39-8-5-6-9-40(39)42-10-7-19-56(42)35-25-48(26-35)16-20-55(21-17-48)34-12-14-41(44(23-34)65-37-22-32-15-18-49-45(32)50-28-37)47(58)54-67(62,63)38-24-43(57(59)60)46(52-29-38)51-27-36-13-11-33(30-64-36)53-66(3,4)61/h5-6,8-9,12,14-15,18,22-24,28-29,31,33,35-36,42H,7,10-11,13,16-17,19-21,25-27,30H2,1-4H3,(H,49,50)(H,51,52)(H,54,58)/t33-,36?,42-/m1/s1. The SMILES string of the molecule is CC(C)c1ccccc1[C@H]1CCCN1C1CC2(CCN(c3ccc(C(=O)NS(=O)(=O)c4cnc(NCC5CC[C@@H](N=S(C)(C)=O)CO5)c([N+](=O)[O-])c4)c(Oc4cnc5[nH]ccc5c4)c3)CC2)C1. The van der Waals surface area contributed by atoms with Gasteiger partial charge in [-0.05, 0) is 105 Å². The maximum absolute atomic E-state index is 14.0. The lowest BCUT2D eigenvalue weighted by Gasteiger charge is -2.56. The van der Waals surface area contributed by atoms with Crippen molar-refractivity contribution in [3.63, 3.8) is 0 Å². The first-order valence-corrected chi connectivity index (χ1v) is 26.9. The molecule has 3 atom stereocenters. The minimum Gasteiger partial charge on any atom is -0.455 e. The zero-order chi connectivity index (χ0) is 47.1. The molecule has 1 aliphatic carbocycles. The Morgan fingerprint density at radius 2 is 1.81 bits per heavy atom. The van der Waals surface area contributed by atoms with Crippen molar-refractivity contribution in [2.45, 2.75) is 100 Å². The number of nitrogens with zero attached hydrogens (tertiary/aromatic N) is 6. The van der Waals surface area contributed by atoms with E-state index in [4.69, 9.17) is 9.47 Å². The Morgan fingerprint density at radius 3 is 2.54 bits per heavy atom. The lowest BCUT2D eigenvalue weighted by atomic mass is 9.59. The minimum atomic E-state index is -4.66. The number of ether oxygens (including phenoxy) is 2. The zero-order valence-corrected chi connectivity index (χ0v) is 40.0. The molecule has 6 heterocycles. The minimum absolute atomic E-state index is 0.0560. The topological polar surface area (TPSA) is 214 Å². The van der Waals surface area contributed by atoms with Gasteiger partial charge in [0.2, 0.25) is 5.82 Å². The Balaban J connectivity index is 0.882. The first kappa shape index (κ1) is 46.5. The summed E-state index contributed by atoms with van der Waals surface area (Å²) in [5, 5.41) is 15.9. The lowest BCUT2D eigenvalue weighted by molar-refractivity contribution is -0.384. The van der Waals surface area contributed by atoms with Crippen molar-refractivity contribution in [3.8, 4) is 11.5 Å². The number of hydrogen-bond donors (Lipinski definition) is 3. The van der Waals surface area contributed by atoms with Crippen LogP contribution in [-0.4, -0.2) is 107 Å². The van der Waals surface area contributed by atoms with Crippen LogP contribution in [0.1, 0.15) is 98.7 Å². The van der Waals surface area contributed by atoms with Crippen molar-refractivity contribution in [1.82, 2.24) is 24.6 Å². The number of aromatic amines is 1.